The third-order valence-corrected chi connectivity index (χ3v) is 2.82. The summed E-state index contributed by atoms with van der Waals surface area (Å²) in [6, 6.07) is 5.17. The number of nitrogens with zero attached hydrogens (tertiary/aromatic N) is 1. The first-order chi connectivity index (χ1) is 7.25. The lowest BCUT2D eigenvalue weighted by molar-refractivity contribution is 0.311. The summed E-state index contributed by atoms with van der Waals surface area (Å²) in [7, 11) is 0. The van der Waals surface area contributed by atoms with Crippen LogP contribution in [-0.2, 0) is 6.61 Å². The lowest BCUT2D eigenvalue weighted by Gasteiger charge is -2.07. The maximum atomic E-state index is 5.83. The van der Waals surface area contributed by atoms with Crippen molar-refractivity contribution in [3.05, 3.63) is 39.8 Å². The van der Waals surface area contributed by atoms with Crippen molar-refractivity contribution in [3.63, 3.8) is 0 Å². The van der Waals surface area contributed by atoms with Crippen LogP contribution in [0.1, 0.15) is 4.88 Å². The van der Waals surface area contributed by atoms with Gasteiger partial charge in [0.05, 0.1) is 16.1 Å². The van der Waals surface area contributed by atoms with Gasteiger partial charge in [-0.25, -0.2) is 0 Å². The number of nitrogens with two attached hydrogens (primary N) is 1. The van der Waals surface area contributed by atoms with Crippen LogP contribution >= 0.6 is 22.9 Å². The molecular formula is C10H9ClN2OS. The Bertz CT molecular complexity index is 445. The van der Waals surface area contributed by atoms with Crippen LogP contribution < -0.4 is 10.5 Å². The number of hydrogen-bond acceptors (Lipinski definition) is 4. The molecule has 0 fully saturated rings. The van der Waals surface area contributed by atoms with E-state index >= 15 is 0 Å². The summed E-state index contributed by atoms with van der Waals surface area (Å²) in [6.07, 6.45) is 1.77. The molecule has 0 radical (unpaired) electrons. The Morgan fingerprint density at radius 1 is 1.47 bits per heavy atom. The first-order valence-corrected chi connectivity index (χ1v) is 5.56. The zero-order valence-corrected chi connectivity index (χ0v) is 9.39. The van der Waals surface area contributed by atoms with Gasteiger partial charge in [-0.2, -0.15) is 0 Å². The van der Waals surface area contributed by atoms with Gasteiger partial charge in [0.15, 0.2) is 0 Å². The van der Waals surface area contributed by atoms with Crippen LogP contribution in [0.2, 0.25) is 5.02 Å². The van der Waals surface area contributed by atoms with E-state index in [4.69, 9.17) is 22.1 Å². The van der Waals surface area contributed by atoms with Gasteiger partial charge in [-0.1, -0.05) is 11.6 Å². The van der Waals surface area contributed by atoms with Gasteiger partial charge in [0.1, 0.15) is 12.4 Å². The van der Waals surface area contributed by atoms with Crippen LogP contribution in [0.3, 0.4) is 0 Å². The molecule has 0 bridgehead atoms. The second kappa shape index (κ2) is 4.51. The Morgan fingerprint density at radius 3 is 3.07 bits per heavy atom. The van der Waals surface area contributed by atoms with Crippen molar-refractivity contribution in [2.75, 3.05) is 5.73 Å². The second-order valence-corrected chi connectivity index (χ2v) is 4.35. The van der Waals surface area contributed by atoms with Gasteiger partial charge in [-0.3, -0.25) is 4.98 Å². The molecule has 0 aliphatic rings. The lowest BCUT2D eigenvalue weighted by atomic mass is 10.3. The van der Waals surface area contributed by atoms with Gasteiger partial charge in [-0.05, 0) is 12.1 Å². The molecule has 0 unspecified atom stereocenters. The highest BCUT2D eigenvalue weighted by Gasteiger charge is 2.02. The highest BCUT2D eigenvalue weighted by Crippen LogP contribution is 2.26. The van der Waals surface area contributed by atoms with E-state index in [9.17, 15) is 0 Å². The molecule has 0 amide bonds. The molecule has 2 N–H and O–H groups in total. The van der Waals surface area contributed by atoms with Crippen LogP contribution in [0, 0.1) is 0 Å². The van der Waals surface area contributed by atoms with E-state index in [1.807, 2.05) is 0 Å². The van der Waals surface area contributed by atoms with Gasteiger partial charge in [0.2, 0.25) is 0 Å². The largest absolute Gasteiger partial charge is 0.486 e. The molecule has 1 aromatic carbocycles. The number of anilines is 1. The average molecular weight is 241 g/mol. The smallest absolute Gasteiger partial charge is 0.144 e. The quantitative estimate of drug-likeness (QED) is 0.840. The second-order valence-electron chi connectivity index (χ2n) is 2.94. The first kappa shape index (κ1) is 10.3. The topological polar surface area (TPSA) is 48.1 Å². The highest BCUT2D eigenvalue weighted by atomic mass is 35.5. The molecule has 15 heavy (non-hydrogen) atoms. The fraction of sp³-hybridized carbons (Fsp3) is 0.100. The Morgan fingerprint density at radius 2 is 2.33 bits per heavy atom. The Kier molecular flexibility index (Phi) is 3.08. The van der Waals surface area contributed by atoms with Crippen LogP contribution in [0.15, 0.2) is 29.9 Å². The predicted octanol–water partition coefficient (Wildman–Crippen LogP) is 2.96. The third-order valence-electron chi connectivity index (χ3n) is 1.83. The summed E-state index contributed by atoms with van der Waals surface area (Å²) in [4.78, 5) is 5.01. The van der Waals surface area contributed by atoms with Gasteiger partial charge in [0, 0.05) is 17.3 Å². The van der Waals surface area contributed by atoms with Crippen molar-refractivity contribution >= 4 is 28.6 Å². The van der Waals surface area contributed by atoms with Gasteiger partial charge in [0.25, 0.3) is 0 Å². The lowest BCUT2D eigenvalue weighted by Crippen LogP contribution is -1.97. The highest BCUT2D eigenvalue weighted by molar-refractivity contribution is 7.09. The monoisotopic (exact) mass is 240 g/mol. The molecule has 2 rings (SSSR count). The van der Waals surface area contributed by atoms with Crippen molar-refractivity contribution in [1.29, 1.82) is 0 Å². The zero-order chi connectivity index (χ0) is 10.7. The minimum atomic E-state index is 0.467. The maximum absolute atomic E-state index is 5.83. The standard InChI is InChI=1S/C10H9ClN2OS/c11-7-1-2-9(12)10(3-7)14-5-8-4-13-6-15-8/h1-4,6H,5,12H2. The number of ether oxygens (including phenoxy) is 1. The Hall–Kier alpha value is -1.26. The van der Waals surface area contributed by atoms with E-state index in [2.05, 4.69) is 4.98 Å². The molecule has 0 aliphatic heterocycles. The summed E-state index contributed by atoms with van der Waals surface area (Å²) in [5, 5.41) is 0.614. The Balaban J connectivity index is 2.07. The van der Waals surface area contributed by atoms with Gasteiger partial charge in [-0.15, -0.1) is 11.3 Å². The van der Waals surface area contributed by atoms with Crippen LogP contribution in [0.25, 0.3) is 0 Å². The minimum absolute atomic E-state index is 0.467. The molecule has 0 saturated heterocycles. The number of rotatable bonds is 3. The molecule has 3 nitrogen and oxygen atoms in total. The fourth-order valence-corrected chi connectivity index (χ4v) is 1.76. The number of hydrogen-bond donors (Lipinski definition) is 1. The summed E-state index contributed by atoms with van der Waals surface area (Å²) in [6.45, 7) is 0.467. The summed E-state index contributed by atoms with van der Waals surface area (Å²) in [5.74, 6) is 0.607. The van der Waals surface area contributed by atoms with Gasteiger partial charge < -0.3 is 10.5 Å². The fourth-order valence-electron chi connectivity index (χ4n) is 1.10. The number of nitrogen functional groups attached to an aromatic ring is 1. The predicted molar refractivity (Wildman–Crippen MR) is 62.3 cm³/mol. The third kappa shape index (κ3) is 2.61. The van der Waals surface area contributed by atoms with E-state index in [0.29, 0.717) is 23.1 Å². The van der Waals surface area contributed by atoms with E-state index in [1.54, 1.807) is 41.2 Å². The molecule has 0 saturated carbocycles. The number of thiazole rings is 1. The molecule has 1 heterocycles. The molecule has 0 aliphatic carbocycles. The van der Waals surface area contributed by atoms with Crippen LogP contribution in [0.4, 0.5) is 5.69 Å². The summed E-state index contributed by atoms with van der Waals surface area (Å²) >= 11 is 7.37. The van der Waals surface area contributed by atoms with Crippen molar-refractivity contribution in [1.82, 2.24) is 4.98 Å². The molecule has 5 heteroatoms. The van der Waals surface area contributed by atoms with Crippen molar-refractivity contribution in [2.24, 2.45) is 0 Å². The van der Waals surface area contributed by atoms with Crippen molar-refractivity contribution in [3.8, 4) is 5.75 Å². The Labute approximate surface area is 96.5 Å². The number of aromatic nitrogens is 1. The van der Waals surface area contributed by atoms with Crippen LogP contribution in [-0.4, -0.2) is 4.98 Å². The van der Waals surface area contributed by atoms with Crippen molar-refractivity contribution in [2.45, 2.75) is 6.61 Å². The molecule has 78 valence electrons. The molecular weight excluding hydrogens is 232 g/mol. The molecule has 2 aromatic rings. The van der Waals surface area contributed by atoms with E-state index in [-0.39, 0.29) is 0 Å². The number of halogens is 1. The summed E-state index contributed by atoms with van der Waals surface area (Å²) < 4.78 is 5.52. The molecule has 0 atom stereocenters. The first-order valence-electron chi connectivity index (χ1n) is 4.31. The SMILES string of the molecule is Nc1ccc(Cl)cc1OCc1cncs1. The minimum Gasteiger partial charge on any atom is -0.486 e. The van der Waals surface area contributed by atoms with E-state index in [0.717, 1.165) is 4.88 Å². The van der Waals surface area contributed by atoms with E-state index < -0.39 is 0 Å². The molecule has 0 spiro atoms. The normalized spacial score (nSPS) is 10.2. The molecule has 1 aromatic heterocycles. The van der Waals surface area contributed by atoms with Crippen LogP contribution in [0.5, 0.6) is 5.75 Å². The van der Waals surface area contributed by atoms with Crippen molar-refractivity contribution < 1.29 is 4.74 Å². The average Bonchev–Trinajstić information content (AvgIpc) is 2.72. The zero-order valence-electron chi connectivity index (χ0n) is 7.81. The number of benzene rings is 1. The van der Waals surface area contributed by atoms with Gasteiger partial charge >= 0.3 is 0 Å². The summed E-state index contributed by atoms with van der Waals surface area (Å²) in [5.41, 5.74) is 8.08. The maximum Gasteiger partial charge on any atom is 0.144 e. The van der Waals surface area contributed by atoms with E-state index in [1.165, 1.54) is 0 Å².